The van der Waals surface area contributed by atoms with Crippen molar-refractivity contribution >= 4 is 26.3 Å². The largest absolute Gasteiger partial charge is 0.481 e. The molecule has 1 aromatic heterocycles. The molecule has 10 N–H and O–H groups in total. The number of ether oxygens (including phenoxy) is 2. The second-order valence-corrected chi connectivity index (χ2v) is 12.9. The molecule has 0 aliphatic carbocycles. The van der Waals surface area contributed by atoms with E-state index >= 15 is 0 Å². The summed E-state index contributed by atoms with van der Waals surface area (Å²) in [4.78, 5) is 45.8. The fraction of sp³-hybridized carbons (Fsp3) is 0.765. The van der Waals surface area contributed by atoms with Gasteiger partial charge in [-0.15, -0.1) is 0 Å². The van der Waals surface area contributed by atoms with Crippen LogP contribution in [-0.4, -0.2) is 125 Å². The van der Waals surface area contributed by atoms with Crippen LogP contribution in [0.4, 0.5) is 0 Å². The number of likely N-dealkylation sites (N-methyl/N-ethyl adjacent to an activating group) is 1. The average Bonchev–Trinajstić information content (AvgIpc) is 3.16. The van der Waals surface area contributed by atoms with Crippen LogP contribution in [0.5, 0.6) is 0 Å². The van der Waals surface area contributed by atoms with E-state index in [1.807, 2.05) is 4.98 Å². The molecule has 2 aliphatic rings. The summed E-state index contributed by atoms with van der Waals surface area (Å²) in [5, 5.41) is 61.9. The van der Waals surface area contributed by atoms with E-state index in [0.717, 1.165) is 16.8 Å². The van der Waals surface area contributed by atoms with Crippen LogP contribution in [0.3, 0.4) is 0 Å². The van der Waals surface area contributed by atoms with Crippen LogP contribution >= 0.6 is 14.5 Å². The highest BCUT2D eigenvalue weighted by Crippen LogP contribution is 2.61. The number of phosphoric ester groups is 1. The van der Waals surface area contributed by atoms with Crippen molar-refractivity contribution in [1.82, 2.24) is 14.9 Å². The Morgan fingerprint density at radius 2 is 1.82 bits per heavy atom. The van der Waals surface area contributed by atoms with Crippen molar-refractivity contribution in [3.8, 4) is 0 Å². The fourth-order valence-corrected chi connectivity index (χ4v) is 7.02. The summed E-state index contributed by atoms with van der Waals surface area (Å²) in [7, 11) is -3.99. The normalized spacial score (nSPS) is 37.2. The van der Waals surface area contributed by atoms with Crippen molar-refractivity contribution in [1.29, 1.82) is 0 Å². The minimum atomic E-state index is -5.44. The van der Waals surface area contributed by atoms with Crippen LogP contribution in [0.2, 0.25) is 0 Å². The second kappa shape index (κ2) is 12.9. The number of aliphatic hydroxyl groups is 6. The molecule has 2 saturated heterocycles. The molecule has 1 aromatic rings. The van der Waals surface area contributed by atoms with Gasteiger partial charge in [-0.05, 0) is 18.9 Å². The molecule has 224 valence electrons. The molecule has 19 nitrogen and oxygen atoms in total. The summed E-state index contributed by atoms with van der Waals surface area (Å²) in [6, 6.07) is 0.133. The van der Waals surface area contributed by atoms with Gasteiger partial charge >= 0.3 is 20.2 Å². The lowest BCUT2D eigenvalue weighted by molar-refractivity contribution is -0.292. The molecule has 22 heteroatoms. The maximum atomic E-state index is 12.5. The van der Waals surface area contributed by atoms with Gasteiger partial charge in [-0.2, -0.15) is 0 Å². The van der Waals surface area contributed by atoms with Gasteiger partial charge in [-0.1, -0.05) is 0 Å². The number of nitrogens with one attached hydrogen (secondary N) is 2. The van der Waals surface area contributed by atoms with Crippen molar-refractivity contribution in [2.75, 3.05) is 20.3 Å². The van der Waals surface area contributed by atoms with Gasteiger partial charge in [0.2, 0.25) is 0 Å². The highest BCUT2D eigenvalue weighted by molar-refractivity contribution is 8.08. The maximum absolute atomic E-state index is 12.5. The molecule has 0 bridgehead atoms. The second-order valence-electron chi connectivity index (χ2n) is 8.50. The van der Waals surface area contributed by atoms with Crippen LogP contribution < -0.4 is 16.6 Å². The Kier molecular flexibility index (Phi) is 10.7. The Balaban J connectivity index is 1.65. The first kappa shape index (κ1) is 32.5. The topological polar surface area (TPSA) is 292 Å². The highest BCUT2D eigenvalue weighted by Gasteiger charge is 2.50. The van der Waals surface area contributed by atoms with Crippen LogP contribution in [0.1, 0.15) is 6.23 Å². The van der Waals surface area contributed by atoms with E-state index in [-0.39, 0.29) is 0 Å². The van der Waals surface area contributed by atoms with Crippen LogP contribution in [0.25, 0.3) is 0 Å². The summed E-state index contributed by atoms with van der Waals surface area (Å²) in [5.41, 5.74) is -1.50. The first-order valence-corrected chi connectivity index (χ1v) is 15.2. The molecule has 3 rings (SSSR count). The number of aromatic amines is 1. The number of H-pyrrole nitrogens is 1. The molecular formula is C17H29N3O16P2S. The molecule has 7 unspecified atom stereocenters. The number of nitrogens with zero attached hydrogens (tertiary/aromatic N) is 1. The van der Waals surface area contributed by atoms with E-state index in [0.29, 0.717) is 0 Å². The molecule has 2 fully saturated rings. The van der Waals surface area contributed by atoms with Crippen LogP contribution in [0, 0.1) is 0 Å². The number of hydrogen-bond acceptors (Lipinski definition) is 16. The molecule has 0 radical (unpaired) electrons. The highest BCUT2D eigenvalue weighted by atomic mass is 32.5. The van der Waals surface area contributed by atoms with Gasteiger partial charge in [-0.25, -0.2) is 13.7 Å². The summed E-state index contributed by atoms with van der Waals surface area (Å²) in [5.74, 6) is 0. The lowest BCUT2D eigenvalue weighted by Gasteiger charge is -2.41. The third kappa shape index (κ3) is 7.64. The quantitative estimate of drug-likeness (QED) is 0.103. The van der Waals surface area contributed by atoms with Gasteiger partial charge in [0, 0.05) is 12.3 Å². The summed E-state index contributed by atoms with van der Waals surface area (Å²) < 4.78 is 38.1. The van der Waals surface area contributed by atoms with E-state index < -0.39 is 100 Å². The smallest absolute Gasteiger partial charge is 0.394 e. The summed E-state index contributed by atoms with van der Waals surface area (Å²) in [6.45, 7) is -6.32. The van der Waals surface area contributed by atoms with Crippen molar-refractivity contribution in [3.63, 3.8) is 0 Å². The van der Waals surface area contributed by atoms with E-state index in [4.69, 9.17) is 30.9 Å². The van der Waals surface area contributed by atoms with Gasteiger partial charge in [0.15, 0.2) is 12.5 Å². The zero-order valence-corrected chi connectivity index (χ0v) is 22.5. The lowest BCUT2D eigenvalue weighted by Crippen LogP contribution is -2.61. The van der Waals surface area contributed by atoms with Gasteiger partial charge in [-0.3, -0.25) is 18.9 Å². The Hall–Kier alpha value is -1.00. The number of rotatable bonds is 11. The van der Waals surface area contributed by atoms with Crippen molar-refractivity contribution in [3.05, 3.63) is 33.1 Å². The zero-order valence-electron chi connectivity index (χ0n) is 19.9. The van der Waals surface area contributed by atoms with E-state index in [1.165, 1.54) is 7.05 Å². The molecule has 39 heavy (non-hydrogen) atoms. The van der Waals surface area contributed by atoms with Gasteiger partial charge in [0.1, 0.15) is 42.7 Å². The third-order valence-electron chi connectivity index (χ3n) is 5.85. The Morgan fingerprint density at radius 1 is 1.15 bits per heavy atom. The van der Waals surface area contributed by atoms with E-state index in [9.17, 15) is 49.5 Å². The maximum Gasteiger partial charge on any atom is 0.481 e. The molecule has 3 heterocycles. The number of phosphoric acid groups is 1. The van der Waals surface area contributed by atoms with Gasteiger partial charge in [0.05, 0.1) is 19.3 Å². The van der Waals surface area contributed by atoms with Crippen LogP contribution in [-0.2, 0) is 39.2 Å². The number of aromatic nitrogens is 2. The van der Waals surface area contributed by atoms with Gasteiger partial charge < -0.3 is 59.7 Å². The Morgan fingerprint density at radius 3 is 2.41 bits per heavy atom. The minimum absolute atomic E-state index is 0.665. The number of aliphatic hydroxyl groups excluding tert-OH is 6. The van der Waals surface area contributed by atoms with E-state index in [2.05, 4.69) is 14.2 Å². The first-order chi connectivity index (χ1) is 18.1. The summed E-state index contributed by atoms with van der Waals surface area (Å²) >= 11 is 4.70. The standard InChI is InChI=1S/C17H29N3O16P2S/c1-18-9-10(24)7(33-15(9)20-3-2-8(23)19-17(20)28)5-32-38(31,39)36-37(29,30)35-16-13(27)11(25)12(26)14(34-16)6(22)4-21/h2-3,6-7,9-16,18,21-22,24-27H,4-5H2,1H3,(H,29,30)(H,31,39)(H,19,23,28)/t6-,7+,9+,10+,11?,12?,13?,14?,15+,16?,38?/m0/s1. The minimum Gasteiger partial charge on any atom is -0.394 e. The predicted octanol–water partition coefficient (Wildman–Crippen LogP) is -5.09. The third-order valence-corrected chi connectivity index (χ3v) is 9.36. The van der Waals surface area contributed by atoms with Crippen LogP contribution in [0.15, 0.2) is 21.9 Å². The molecular weight excluding hydrogens is 596 g/mol. The average molecular weight is 625 g/mol. The lowest BCUT2D eigenvalue weighted by atomic mass is 9.96. The van der Waals surface area contributed by atoms with Crippen molar-refractivity contribution in [2.24, 2.45) is 0 Å². The monoisotopic (exact) mass is 625 g/mol. The predicted molar refractivity (Wildman–Crippen MR) is 128 cm³/mol. The SMILES string of the molecule is CN[C@@H]1[C@H](O)[C@@H](COP(O)(=S)OP(=O)(O)OC2OC([C@@H](O)CO)C(O)C(O)C2O)O[C@H]1n1ccc(=O)[nH]c1=O. The first-order valence-electron chi connectivity index (χ1n) is 11.1. The fourth-order valence-electron chi connectivity index (χ4n) is 3.92. The molecule has 0 saturated carbocycles. The van der Waals surface area contributed by atoms with E-state index in [1.54, 1.807) is 0 Å². The molecule has 2 aliphatic heterocycles. The molecule has 12 atom stereocenters. The van der Waals surface area contributed by atoms with Gasteiger partial charge in [0.25, 0.3) is 5.56 Å². The Bertz CT molecular complexity index is 1200. The van der Waals surface area contributed by atoms with Crippen molar-refractivity contribution < 1.29 is 67.8 Å². The molecule has 0 aromatic carbocycles. The summed E-state index contributed by atoms with van der Waals surface area (Å²) in [6.07, 6.45) is -14.5. The number of hydrogen-bond donors (Lipinski definition) is 10. The molecule has 0 spiro atoms. The molecule has 0 amide bonds. The zero-order chi connectivity index (χ0) is 29.3. The van der Waals surface area contributed by atoms with Crippen molar-refractivity contribution in [2.45, 2.75) is 61.3 Å². The Labute approximate surface area is 224 Å².